The minimum atomic E-state index is -3.34. The molecule has 2 rings (SSSR count). The summed E-state index contributed by atoms with van der Waals surface area (Å²) < 4.78 is 27.8. The van der Waals surface area contributed by atoms with Crippen LogP contribution in [0.25, 0.3) is 0 Å². The van der Waals surface area contributed by atoms with Gasteiger partial charge in [-0.2, -0.15) is 0 Å². The first-order valence-corrected chi connectivity index (χ1v) is 12.6. The normalized spacial score (nSPS) is 18.6. The second-order valence-corrected chi connectivity index (χ2v) is 10.9. The summed E-state index contributed by atoms with van der Waals surface area (Å²) in [5.74, 6) is 0.712. The lowest BCUT2D eigenvalue weighted by atomic mass is 10.1. The Balaban J connectivity index is 2.11. The molecule has 0 spiro atoms. The summed E-state index contributed by atoms with van der Waals surface area (Å²) >= 11 is 0. The Morgan fingerprint density at radius 3 is 2.68 bits per heavy atom. The van der Waals surface area contributed by atoms with E-state index in [2.05, 4.69) is 49.7 Å². The highest BCUT2D eigenvalue weighted by atomic mass is 32.2. The minimum Gasteiger partial charge on any atom is -0.318 e. The van der Waals surface area contributed by atoms with Gasteiger partial charge < -0.3 is 9.47 Å². The van der Waals surface area contributed by atoms with Crippen LogP contribution in [0.2, 0.25) is 0 Å². The van der Waals surface area contributed by atoms with Crippen LogP contribution in [0.1, 0.15) is 65.0 Å². The smallest absolute Gasteiger partial charge is 0.227 e. The third-order valence-electron chi connectivity index (χ3n) is 5.74. The van der Waals surface area contributed by atoms with Crippen molar-refractivity contribution in [3.05, 3.63) is 11.9 Å². The SMILES string of the molecule is CCCCn1c(CN(C)C[C@H]2CCCN2C)cnc1S(=O)(=O)CCCC(C)C. The molecule has 0 N–H and O–H groups in total. The molecule has 1 aliphatic rings. The maximum atomic E-state index is 12.9. The lowest BCUT2D eigenvalue weighted by Gasteiger charge is -2.26. The maximum Gasteiger partial charge on any atom is 0.227 e. The highest BCUT2D eigenvalue weighted by molar-refractivity contribution is 7.91. The largest absolute Gasteiger partial charge is 0.318 e. The zero-order chi connectivity index (χ0) is 20.7. The molecule has 1 saturated heterocycles. The van der Waals surface area contributed by atoms with Gasteiger partial charge in [-0.25, -0.2) is 13.4 Å². The van der Waals surface area contributed by atoms with Crippen molar-refractivity contribution >= 4 is 9.84 Å². The van der Waals surface area contributed by atoms with E-state index in [0.29, 0.717) is 18.4 Å². The Morgan fingerprint density at radius 1 is 1.32 bits per heavy atom. The molecule has 0 bridgehead atoms. The fourth-order valence-corrected chi connectivity index (χ4v) is 5.49. The van der Waals surface area contributed by atoms with Crippen molar-refractivity contribution in [2.75, 3.05) is 32.9 Å². The predicted molar refractivity (Wildman–Crippen MR) is 115 cm³/mol. The summed E-state index contributed by atoms with van der Waals surface area (Å²) in [6.07, 6.45) is 7.91. The molecule has 1 aromatic heterocycles. The number of nitrogens with zero attached hydrogens (tertiary/aromatic N) is 4. The number of hydrogen-bond donors (Lipinski definition) is 0. The van der Waals surface area contributed by atoms with Crippen molar-refractivity contribution in [1.29, 1.82) is 0 Å². The molecule has 0 aromatic carbocycles. The summed E-state index contributed by atoms with van der Waals surface area (Å²) in [5, 5.41) is 0.270. The molecule has 1 atom stereocenters. The van der Waals surface area contributed by atoms with Crippen LogP contribution in [0, 0.1) is 5.92 Å². The average molecular weight is 413 g/mol. The fraction of sp³-hybridized carbons (Fsp3) is 0.857. The zero-order valence-electron chi connectivity index (χ0n) is 18.5. The van der Waals surface area contributed by atoms with Gasteiger partial charge in [0.2, 0.25) is 15.0 Å². The molecule has 0 aliphatic carbocycles. The third kappa shape index (κ3) is 6.56. The second-order valence-electron chi connectivity index (χ2n) is 8.87. The predicted octanol–water partition coefficient (Wildman–Crippen LogP) is 3.42. The van der Waals surface area contributed by atoms with E-state index in [0.717, 1.165) is 44.6 Å². The summed E-state index contributed by atoms with van der Waals surface area (Å²) in [6, 6.07) is 0.594. The van der Waals surface area contributed by atoms with E-state index >= 15 is 0 Å². The highest BCUT2D eigenvalue weighted by Gasteiger charge is 2.25. The standard InChI is InChI=1S/C21H40N4O2S/c1-6-7-13-25-20(17-23(4)16-19-11-8-12-24(19)5)15-22-21(25)28(26,27)14-9-10-18(2)3/h15,18-19H,6-14,16-17H2,1-5H3/t19-/m1/s1. The Bertz CT molecular complexity index is 699. The molecular formula is C21H40N4O2S. The summed E-state index contributed by atoms with van der Waals surface area (Å²) in [5.41, 5.74) is 1.01. The van der Waals surface area contributed by atoms with Crippen molar-refractivity contribution in [3.8, 4) is 0 Å². The summed E-state index contributed by atoms with van der Waals surface area (Å²) in [6.45, 7) is 10.0. The minimum absolute atomic E-state index is 0.191. The van der Waals surface area contributed by atoms with E-state index in [4.69, 9.17) is 0 Å². The van der Waals surface area contributed by atoms with E-state index in [-0.39, 0.29) is 10.9 Å². The van der Waals surface area contributed by atoms with Crippen LogP contribution in [0.5, 0.6) is 0 Å². The second kappa shape index (κ2) is 10.7. The Labute approximate surface area is 172 Å². The van der Waals surface area contributed by atoms with Crippen molar-refractivity contribution in [1.82, 2.24) is 19.4 Å². The highest BCUT2D eigenvalue weighted by Crippen LogP contribution is 2.20. The monoisotopic (exact) mass is 412 g/mol. The van der Waals surface area contributed by atoms with Crippen molar-refractivity contribution in [2.45, 2.75) is 83.6 Å². The Kier molecular flexibility index (Phi) is 8.96. The first-order valence-electron chi connectivity index (χ1n) is 10.9. The number of sulfone groups is 1. The molecule has 0 radical (unpaired) electrons. The number of likely N-dealkylation sites (N-methyl/N-ethyl adjacent to an activating group) is 2. The summed E-state index contributed by atoms with van der Waals surface area (Å²) in [4.78, 5) is 9.11. The van der Waals surface area contributed by atoms with E-state index in [9.17, 15) is 8.42 Å². The molecular weight excluding hydrogens is 372 g/mol. The van der Waals surface area contributed by atoms with Crippen LogP contribution in [0.4, 0.5) is 0 Å². The quantitative estimate of drug-likeness (QED) is 0.526. The molecule has 28 heavy (non-hydrogen) atoms. The van der Waals surface area contributed by atoms with Gasteiger partial charge in [-0.15, -0.1) is 0 Å². The number of unbranched alkanes of at least 4 members (excludes halogenated alkanes) is 1. The van der Waals surface area contributed by atoms with Crippen LogP contribution in [0.3, 0.4) is 0 Å². The molecule has 0 unspecified atom stereocenters. The van der Waals surface area contributed by atoms with Gasteiger partial charge in [0.05, 0.1) is 17.6 Å². The third-order valence-corrected chi connectivity index (χ3v) is 7.44. The zero-order valence-corrected chi connectivity index (χ0v) is 19.3. The first kappa shape index (κ1) is 23.4. The fourth-order valence-electron chi connectivity index (χ4n) is 4.01. The van der Waals surface area contributed by atoms with Gasteiger partial charge in [-0.05, 0) is 58.7 Å². The molecule has 0 saturated carbocycles. The van der Waals surface area contributed by atoms with Crippen LogP contribution < -0.4 is 0 Å². The van der Waals surface area contributed by atoms with Gasteiger partial charge in [0.25, 0.3) is 0 Å². The Hall–Kier alpha value is -0.920. The van der Waals surface area contributed by atoms with Gasteiger partial charge >= 0.3 is 0 Å². The molecule has 1 aliphatic heterocycles. The number of hydrogen-bond acceptors (Lipinski definition) is 5. The number of imidazole rings is 1. The molecule has 2 heterocycles. The molecule has 1 fully saturated rings. The van der Waals surface area contributed by atoms with Crippen LogP contribution in [-0.4, -0.2) is 66.7 Å². The number of likely N-dealkylation sites (tertiary alicyclic amines) is 1. The van der Waals surface area contributed by atoms with Crippen LogP contribution in [-0.2, 0) is 22.9 Å². The molecule has 0 amide bonds. The van der Waals surface area contributed by atoms with Gasteiger partial charge in [0.1, 0.15) is 0 Å². The van der Waals surface area contributed by atoms with Crippen LogP contribution >= 0.6 is 0 Å². The van der Waals surface area contributed by atoms with Crippen molar-refractivity contribution in [3.63, 3.8) is 0 Å². The maximum absolute atomic E-state index is 12.9. The van der Waals surface area contributed by atoms with E-state index < -0.39 is 9.84 Å². The lowest BCUT2D eigenvalue weighted by molar-refractivity contribution is 0.212. The van der Waals surface area contributed by atoms with Crippen molar-refractivity contribution in [2.24, 2.45) is 5.92 Å². The van der Waals surface area contributed by atoms with E-state index in [1.165, 1.54) is 19.4 Å². The van der Waals surface area contributed by atoms with E-state index in [1.807, 2.05) is 4.57 Å². The van der Waals surface area contributed by atoms with Gasteiger partial charge in [-0.3, -0.25) is 4.90 Å². The molecule has 7 heteroatoms. The average Bonchev–Trinajstić information content (AvgIpc) is 3.19. The van der Waals surface area contributed by atoms with Crippen molar-refractivity contribution < 1.29 is 8.42 Å². The lowest BCUT2D eigenvalue weighted by Crippen LogP contribution is -2.36. The molecule has 1 aromatic rings. The van der Waals surface area contributed by atoms with Crippen LogP contribution in [0.15, 0.2) is 11.4 Å². The van der Waals surface area contributed by atoms with Gasteiger partial charge in [0.15, 0.2) is 0 Å². The topological polar surface area (TPSA) is 58.4 Å². The molecule has 6 nitrogen and oxygen atoms in total. The van der Waals surface area contributed by atoms with Gasteiger partial charge in [0, 0.05) is 25.7 Å². The van der Waals surface area contributed by atoms with Gasteiger partial charge in [-0.1, -0.05) is 27.2 Å². The Morgan fingerprint density at radius 2 is 2.07 bits per heavy atom. The summed E-state index contributed by atoms with van der Waals surface area (Å²) in [7, 11) is 0.980. The van der Waals surface area contributed by atoms with E-state index in [1.54, 1.807) is 6.20 Å². The first-order chi connectivity index (χ1) is 13.2. The number of rotatable bonds is 12. The number of aromatic nitrogens is 2. The molecule has 162 valence electrons.